The molecule has 0 bridgehead atoms. The van der Waals surface area contributed by atoms with E-state index >= 15 is 0 Å². The van der Waals surface area contributed by atoms with Crippen molar-refractivity contribution in [3.05, 3.63) is 23.0 Å². The number of esters is 1. The van der Waals surface area contributed by atoms with Gasteiger partial charge in [-0.15, -0.1) is 0 Å². The summed E-state index contributed by atoms with van der Waals surface area (Å²) in [6.07, 6.45) is 0. The number of ether oxygens (including phenoxy) is 1. The van der Waals surface area contributed by atoms with Gasteiger partial charge < -0.3 is 20.1 Å². The van der Waals surface area contributed by atoms with E-state index in [1.165, 1.54) is 7.11 Å². The number of nitrogens with two attached hydrogens (primary N) is 1. The largest absolute Gasteiger partial charge is 0.464 e. The minimum absolute atomic E-state index is 0.155. The Morgan fingerprint density at radius 2 is 2.33 bits per heavy atom. The van der Waals surface area contributed by atoms with Crippen LogP contribution in [0, 0.1) is 6.92 Å². The van der Waals surface area contributed by atoms with Gasteiger partial charge in [-0.2, -0.15) is 0 Å². The molecule has 0 spiro atoms. The molecule has 0 saturated carbocycles. The molecule has 0 fully saturated rings. The van der Waals surface area contributed by atoms with Crippen LogP contribution in [-0.4, -0.2) is 29.4 Å². The normalized spacial score (nSPS) is 12.6. The molecule has 0 amide bonds. The molecule has 15 heavy (non-hydrogen) atoms. The van der Waals surface area contributed by atoms with Crippen molar-refractivity contribution in [3.8, 4) is 0 Å². The number of rotatable bonds is 3. The molecule has 0 radical (unpaired) electrons. The highest BCUT2D eigenvalue weighted by Gasteiger charge is 2.19. The number of hydrogen-bond donors (Lipinski definition) is 2. The van der Waals surface area contributed by atoms with Crippen LogP contribution in [0.15, 0.2) is 6.07 Å². The zero-order valence-corrected chi connectivity index (χ0v) is 9.15. The summed E-state index contributed by atoms with van der Waals surface area (Å²) >= 11 is 0. The second-order valence-electron chi connectivity index (χ2n) is 3.44. The van der Waals surface area contributed by atoms with E-state index in [1.54, 1.807) is 24.6 Å². The molecule has 5 heteroatoms. The monoisotopic (exact) mass is 212 g/mol. The quantitative estimate of drug-likeness (QED) is 0.697. The lowest BCUT2D eigenvalue weighted by atomic mass is 10.2. The average Bonchev–Trinajstić information content (AvgIpc) is 2.52. The van der Waals surface area contributed by atoms with Crippen LogP contribution in [-0.2, 0) is 11.8 Å². The van der Waals surface area contributed by atoms with Gasteiger partial charge in [0.25, 0.3) is 0 Å². The number of carbonyl (C=O) groups is 1. The average molecular weight is 212 g/mol. The molecule has 1 aromatic heterocycles. The Labute approximate surface area is 88.4 Å². The molecular formula is C10H16N2O3. The lowest BCUT2D eigenvalue weighted by Crippen LogP contribution is -2.19. The first-order chi connectivity index (χ1) is 7.02. The van der Waals surface area contributed by atoms with Gasteiger partial charge in [0.15, 0.2) is 0 Å². The SMILES string of the molecule is COC(=O)c1c(C)cc(C(N)CO)n1C. The number of hydrogen-bond acceptors (Lipinski definition) is 4. The van der Waals surface area contributed by atoms with Crippen molar-refractivity contribution < 1.29 is 14.6 Å². The lowest BCUT2D eigenvalue weighted by molar-refractivity contribution is 0.0588. The smallest absolute Gasteiger partial charge is 0.354 e. The van der Waals surface area contributed by atoms with Gasteiger partial charge in [-0.05, 0) is 18.6 Å². The zero-order valence-electron chi connectivity index (χ0n) is 9.15. The van der Waals surface area contributed by atoms with Crippen molar-refractivity contribution in [2.24, 2.45) is 12.8 Å². The number of carbonyl (C=O) groups excluding carboxylic acids is 1. The summed E-state index contributed by atoms with van der Waals surface area (Å²) in [5.74, 6) is -0.397. The summed E-state index contributed by atoms with van der Waals surface area (Å²) in [6.45, 7) is 1.65. The summed E-state index contributed by atoms with van der Waals surface area (Å²) in [6, 6.07) is 1.31. The third kappa shape index (κ3) is 2.03. The molecule has 0 aliphatic heterocycles. The van der Waals surface area contributed by atoms with E-state index < -0.39 is 12.0 Å². The van der Waals surface area contributed by atoms with Gasteiger partial charge >= 0.3 is 5.97 Å². The lowest BCUT2D eigenvalue weighted by Gasteiger charge is -2.11. The van der Waals surface area contributed by atoms with Crippen LogP contribution < -0.4 is 5.73 Å². The third-order valence-electron chi connectivity index (χ3n) is 2.42. The van der Waals surface area contributed by atoms with Gasteiger partial charge in [-0.1, -0.05) is 0 Å². The Morgan fingerprint density at radius 3 is 2.80 bits per heavy atom. The van der Waals surface area contributed by atoms with E-state index in [2.05, 4.69) is 4.74 Å². The van der Waals surface area contributed by atoms with Gasteiger partial charge in [0.1, 0.15) is 5.69 Å². The molecular weight excluding hydrogens is 196 g/mol. The number of methoxy groups -OCH3 is 1. The summed E-state index contributed by atoms with van der Waals surface area (Å²) in [5.41, 5.74) is 7.68. The van der Waals surface area contributed by atoms with E-state index in [1.807, 2.05) is 0 Å². The highest BCUT2D eigenvalue weighted by atomic mass is 16.5. The van der Waals surface area contributed by atoms with Crippen molar-refractivity contribution in [2.45, 2.75) is 13.0 Å². The Bertz CT molecular complexity index is 371. The second kappa shape index (κ2) is 4.46. The number of nitrogens with zero attached hydrogens (tertiary/aromatic N) is 1. The summed E-state index contributed by atoms with van der Waals surface area (Å²) in [5, 5.41) is 8.95. The first-order valence-corrected chi connectivity index (χ1v) is 4.63. The maximum atomic E-state index is 11.4. The highest BCUT2D eigenvalue weighted by Crippen LogP contribution is 2.19. The third-order valence-corrected chi connectivity index (χ3v) is 2.42. The van der Waals surface area contributed by atoms with Crippen LogP contribution in [0.4, 0.5) is 0 Å². The van der Waals surface area contributed by atoms with Crippen LogP contribution in [0.5, 0.6) is 0 Å². The number of aliphatic hydroxyl groups is 1. The Balaban J connectivity index is 3.20. The molecule has 0 aromatic carbocycles. The first kappa shape index (κ1) is 11.7. The van der Waals surface area contributed by atoms with Gasteiger partial charge in [0, 0.05) is 12.7 Å². The highest BCUT2D eigenvalue weighted by molar-refractivity contribution is 5.89. The molecule has 5 nitrogen and oxygen atoms in total. The molecule has 1 atom stereocenters. The first-order valence-electron chi connectivity index (χ1n) is 4.63. The summed E-state index contributed by atoms with van der Waals surface area (Å²) in [4.78, 5) is 11.4. The van der Waals surface area contributed by atoms with Crippen LogP contribution >= 0.6 is 0 Å². The van der Waals surface area contributed by atoms with Gasteiger partial charge in [-0.3, -0.25) is 0 Å². The maximum absolute atomic E-state index is 11.4. The Morgan fingerprint density at radius 1 is 1.73 bits per heavy atom. The molecule has 0 aliphatic rings. The summed E-state index contributed by atoms with van der Waals surface area (Å²) in [7, 11) is 3.06. The van der Waals surface area contributed by atoms with Gasteiger partial charge in [0.2, 0.25) is 0 Å². The second-order valence-corrected chi connectivity index (χ2v) is 3.44. The molecule has 0 aliphatic carbocycles. The molecule has 84 valence electrons. The predicted octanol–water partition coefficient (Wildman–Crippen LogP) is 0.112. The van der Waals surface area contributed by atoms with Crippen molar-refractivity contribution in [1.29, 1.82) is 0 Å². The number of aromatic nitrogens is 1. The number of aliphatic hydroxyl groups excluding tert-OH is 1. The van der Waals surface area contributed by atoms with E-state index in [9.17, 15) is 4.79 Å². The fraction of sp³-hybridized carbons (Fsp3) is 0.500. The van der Waals surface area contributed by atoms with Crippen LogP contribution in [0.2, 0.25) is 0 Å². The molecule has 0 saturated heterocycles. The molecule has 3 N–H and O–H groups in total. The van der Waals surface area contributed by atoms with Crippen LogP contribution in [0.3, 0.4) is 0 Å². The summed E-state index contributed by atoms with van der Waals surface area (Å²) < 4.78 is 6.32. The standard InChI is InChI=1S/C10H16N2O3/c1-6-4-8(7(11)5-13)12(2)9(6)10(14)15-3/h4,7,13H,5,11H2,1-3H3. The number of aryl methyl sites for hydroxylation is 1. The maximum Gasteiger partial charge on any atom is 0.354 e. The van der Waals surface area contributed by atoms with Crippen LogP contribution in [0.25, 0.3) is 0 Å². The van der Waals surface area contributed by atoms with Gasteiger partial charge in [-0.25, -0.2) is 4.79 Å². The van der Waals surface area contributed by atoms with Crippen LogP contribution in [0.1, 0.15) is 27.8 Å². The fourth-order valence-corrected chi connectivity index (χ4v) is 1.62. The van der Waals surface area contributed by atoms with Gasteiger partial charge in [0.05, 0.1) is 19.8 Å². The Kier molecular flexibility index (Phi) is 3.49. The molecule has 1 heterocycles. The van der Waals surface area contributed by atoms with E-state index in [-0.39, 0.29) is 6.61 Å². The molecule has 1 aromatic rings. The predicted molar refractivity (Wildman–Crippen MR) is 55.5 cm³/mol. The molecule has 1 unspecified atom stereocenters. The van der Waals surface area contributed by atoms with E-state index in [4.69, 9.17) is 10.8 Å². The Hall–Kier alpha value is -1.33. The zero-order chi connectivity index (χ0) is 11.6. The van der Waals surface area contributed by atoms with Crippen molar-refractivity contribution in [1.82, 2.24) is 4.57 Å². The minimum atomic E-state index is -0.480. The van der Waals surface area contributed by atoms with E-state index in [0.29, 0.717) is 5.69 Å². The van der Waals surface area contributed by atoms with E-state index in [0.717, 1.165) is 11.3 Å². The van der Waals surface area contributed by atoms with Crippen molar-refractivity contribution in [2.75, 3.05) is 13.7 Å². The fourth-order valence-electron chi connectivity index (χ4n) is 1.62. The van der Waals surface area contributed by atoms with Crippen molar-refractivity contribution in [3.63, 3.8) is 0 Å². The van der Waals surface area contributed by atoms with Crippen molar-refractivity contribution >= 4 is 5.97 Å². The molecule has 1 rings (SSSR count). The topological polar surface area (TPSA) is 77.5 Å². The minimum Gasteiger partial charge on any atom is -0.464 e.